The Morgan fingerprint density at radius 2 is 1.92 bits per heavy atom. The summed E-state index contributed by atoms with van der Waals surface area (Å²) in [4.78, 5) is 13.2. The van der Waals surface area contributed by atoms with Crippen LogP contribution in [0.1, 0.15) is 28.9 Å². The number of benzene rings is 1. The summed E-state index contributed by atoms with van der Waals surface area (Å²) >= 11 is 11.9. The monoisotopic (exact) mass is 380 g/mol. The van der Waals surface area contributed by atoms with Crippen LogP contribution in [0.2, 0.25) is 10.0 Å². The summed E-state index contributed by atoms with van der Waals surface area (Å²) in [6.07, 6.45) is 1.96. The smallest absolute Gasteiger partial charge is 0.269 e. The molecule has 2 heterocycles. The molecule has 1 saturated heterocycles. The van der Waals surface area contributed by atoms with Gasteiger partial charge >= 0.3 is 0 Å². The highest BCUT2D eigenvalue weighted by molar-refractivity contribution is 6.42. The molecule has 8 heteroatoms. The number of carbonyl (C=O) groups is 1. The Kier molecular flexibility index (Phi) is 5.73. The number of nitrogens with zero attached hydrogens (tertiary/aromatic N) is 3. The minimum atomic E-state index is -0.575. The fourth-order valence-corrected chi connectivity index (χ4v) is 3.04. The van der Waals surface area contributed by atoms with Crippen molar-refractivity contribution in [3.05, 3.63) is 51.6 Å². The van der Waals surface area contributed by atoms with Gasteiger partial charge in [-0.05, 0) is 42.7 Å². The Balaban J connectivity index is 1.49. The van der Waals surface area contributed by atoms with E-state index in [1.54, 1.807) is 18.2 Å². The lowest BCUT2D eigenvalue weighted by Crippen LogP contribution is -2.37. The molecule has 1 aliphatic rings. The van der Waals surface area contributed by atoms with Gasteiger partial charge in [-0.1, -0.05) is 29.3 Å². The molecule has 1 aromatic heterocycles. The van der Waals surface area contributed by atoms with Crippen molar-refractivity contribution in [2.24, 2.45) is 5.73 Å². The summed E-state index contributed by atoms with van der Waals surface area (Å²) in [5.41, 5.74) is 6.35. The summed E-state index contributed by atoms with van der Waals surface area (Å²) in [5, 5.41) is 8.99. The highest BCUT2D eigenvalue weighted by Gasteiger charge is 2.21. The molecule has 2 N–H and O–H groups in total. The van der Waals surface area contributed by atoms with E-state index < -0.39 is 5.91 Å². The van der Waals surface area contributed by atoms with Crippen molar-refractivity contribution in [1.29, 1.82) is 0 Å². The second-order valence-electron chi connectivity index (χ2n) is 5.89. The standard InChI is InChI=1S/C17H18Cl2N4O2/c18-13-2-1-11(9-14(13)19)10-25-12-5-7-23(8-6-12)16-4-3-15(17(20)24)21-22-16/h1-4,9,12H,5-8,10H2,(H2,20,24). The number of halogens is 2. The third kappa shape index (κ3) is 4.60. The molecule has 6 nitrogen and oxygen atoms in total. The number of rotatable bonds is 5. The van der Waals surface area contributed by atoms with Gasteiger partial charge < -0.3 is 15.4 Å². The topological polar surface area (TPSA) is 81.3 Å². The van der Waals surface area contributed by atoms with Crippen LogP contribution in [0.25, 0.3) is 0 Å². The zero-order chi connectivity index (χ0) is 17.8. The van der Waals surface area contributed by atoms with Crippen LogP contribution in [0, 0.1) is 0 Å². The predicted octanol–water partition coefficient (Wildman–Crippen LogP) is 3.07. The number of aromatic nitrogens is 2. The van der Waals surface area contributed by atoms with Crippen molar-refractivity contribution in [2.45, 2.75) is 25.6 Å². The van der Waals surface area contributed by atoms with Crippen molar-refractivity contribution in [3.8, 4) is 0 Å². The molecule has 0 unspecified atom stereocenters. The van der Waals surface area contributed by atoms with Crippen LogP contribution in [-0.4, -0.2) is 35.3 Å². The predicted molar refractivity (Wildman–Crippen MR) is 97.0 cm³/mol. The molecule has 0 bridgehead atoms. The van der Waals surface area contributed by atoms with Crippen molar-refractivity contribution >= 4 is 34.9 Å². The van der Waals surface area contributed by atoms with Gasteiger partial charge in [0, 0.05) is 13.1 Å². The maximum atomic E-state index is 11.0. The highest BCUT2D eigenvalue weighted by atomic mass is 35.5. The van der Waals surface area contributed by atoms with Gasteiger partial charge in [0.15, 0.2) is 11.5 Å². The van der Waals surface area contributed by atoms with Gasteiger partial charge in [0.1, 0.15) is 0 Å². The summed E-state index contributed by atoms with van der Waals surface area (Å²) in [6, 6.07) is 8.88. The average molecular weight is 381 g/mol. The van der Waals surface area contributed by atoms with Crippen LogP contribution in [-0.2, 0) is 11.3 Å². The van der Waals surface area contributed by atoms with E-state index in [-0.39, 0.29) is 11.8 Å². The lowest BCUT2D eigenvalue weighted by molar-refractivity contribution is 0.0250. The molecule has 1 fully saturated rings. The first-order valence-electron chi connectivity index (χ1n) is 7.97. The minimum Gasteiger partial charge on any atom is -0.373 e. The Bertz CT molecular complexity index is 747. The molecule has 3 rings (SSSR count). The quantitative estimate of drug-likeness (QED) is 0.861. The Hall–Kier alpha value is -1.89. The van der Waals surface area contributed by atoms with Gasteiger partial charge in [0.05, 0.1) is 22.8 Å². The van der Waals surface area contributed by atoms with Crippen LogP contribution in [0.4, 0.5) is 5.82 Å². The highest BCUT2D eigenvalue weighted by Crippen LogP contribution is 2.24. The fraction of sp³-hybridized carbons (Fsp3) is 0.353. The number of nitrogens with two attached hydrogens (primary N) is 1. The molecule has 0 spiro atoms. The molecule has 1 amide bonds. The number of primary amides is 1. The van der Waals surface area contributed by atoms with Crippen LogP contribution in [0.15, 0.2) is 30.3 Å². The number of hydrogen-bond acceptors (Lipinski definition) is 5. The maximum Gasteiger partial charge on any atom is 0.269 e. The van der Waals surface area contributed by atoms with Crippen LogP contribution < -0.4 is 10.6 Å². The second-order valence-corrected chi connectivity index (χ2v) is 6.70. The summed E-state index contributed by atoms with van der Waals surface area (Å²) in [6.45, 7) is 2.14. The molecular formula is C17H18Cl2N4O2. The van der Waals surface area contributed by atoms with E-state index in [0.29, 0.717) is 16.7 Å². The van der Waals surface area contributed by atoms with Crippen molar-refractivity contribution < 1.29 is 9.53 Å². The van der Waals surface area contributed by atoms with E-state index in [2.05, 4.69) is 15.1 Å². The van der Waals surface area contributed by atoms with Gasteiger partial charge in [0.25, 0.3) is 5.91 Å². The van der Waals surface area contributed by atoms with Crippen LogP contribution in [0.5, 0.6) is 0 Å². The molecule has 1 aliphatic heterocycles. The zero-order valence-electron chi connectivity index (χ0n) is 13.5. The zero-order valence-corrected chi connectivity index (χ0v) is 15.0. The van der Waals surface area contributed by atoms with E-state index in [9.17, 15) is 4.79 Å². The molecule has 2 aromatic rings. The maximum absolute atomic E-state index is 11.0. The first-order valence-corrected chi connectivity index (χ1v) is 8.72. The lowest BCUT2D eigenvalue weighted by atomic mass is 10.1. The first-order chi connectivity index (χ1) is 12.0. The summed E-state index contributed by atoms with van der Waals surface area (Å²) < 4.78 is 5.97. The third-order valence-corrected chi connectivity index (χ3v) is 4.88. The van der Waals surface area contributed by atoms with E-state index in [1.165, 1.54) is 0 Å². The Morgan fingerprint density at radius 1 is 1.16 bits per heavy atom. The van der Waals surface area contributed by atoms with E-state index in [4.69, 9.17) is 33.7 Å². The number of amides is 1. The molecule has 25 heavy (non-hydrogen) atoms. The van der Waals surface area contributed by atoms with Crippen LogP contribution >= 0.6 is 23.2 Å². The Morgan fingerprint density at radius 3 is 2.52 bits per heavy atom. The fourth-order valence-electron chi connectivity index (χ4n) is 2.72. The summed E-state index contributed by atoms with van der Waals surface area (Å²) in [7, 11) is 0. The minimum absolute atomic E-state index is 0.170. The molecule has 0 saturated carbocycles. The third-order valence-electron chi connectivity index (χ3n) is 4.14. The van der Waals surface area contributed by atoms with Crippen molar-refractivity contribution in [1.82, 2.24) is 10.2 Å². The molecular weight excluding hydrogens is 363 g/mol. The van der Waals surface area contributed by atoms with E-state index >= 15 is 0 Å². The van der Waals surface area contributed by atoms with Crippen molar-refractivity contribution in [3.63, 3.8) is 0 Å². The van der Waals surface area contributed by atoms with Gasteiger partial charge in [-0.2, -0.15) is 0 Å². The first kappa shape index (κ1) is 17.9. The van der Waals surface area contributed by atoms with Gasteiger partial charge in [-0.3, -0.25) is 4.79 Å². The average Bonchev–Trinajstić information content (AvgIpc) is 2.63. The van der Waals surface area contributed by atoms with Crippen molar-refractivity contribution in [2.75, 3.05) is 18.0 Å². The Labute approximate surface area is 155 Å². The van der Waals surface area contributed by atoms with Gasteiger partial charge in [0.2, 0.25) is 0 Å². The molecule has 0 atom stereocenters. The van der Waals surface area contributed by atoms with E-state index in [0.717, 1.165) is 37.3 Å². The van der Waals surface area contributed by atoms with E-state index in [1.807, 2.05) is 12.1 Å². The number of anilines is 1. The molecule has 0 aliphatic carbocycles. The number of carbonyl (C=O) groups excluding carboxylic acids is 1. The number of piperidine rings is 1. The van der Waals surface area contributed by atoms with Gasteiger partial charge in [-0.15, -0.1) is 10.2 Å². The normalized spacial score (nSPS) is 15.4. The lowest BCUT2D eigenvalue weighted by Gasteiger charge is -2.32. The number of ether oxygens (including phenoxy) is 1. The van der Waals surface area contributed by atoms with Crippen LogP contribution in [0.3, 0.4) is 0 Å². The number of hydrogen-bond donors (Lipinski definition) is 1. The second kappa shape index (κ2) is 7.99. The SMILES string of the molecule is NC(=O)c1ccc(N2CCC(OCc3ccc(Cl)c(Cl)c3)CC2)nn1. The summed E-state index contributed by atoms with van der Waals surface area (Å²) in [5.74, 6) is 0.168. The molecule has 0 radical (unpaired) electrons. The molecule has 132 valence electrons. The largest absolute Gasteiger partial charge is 0.373 e. The van der Waals surface area contributed by atoms with Gasteiger partial charge in [-0.25, -0.2) is 0 Å². The molecule has 1 aromatic carbocycles.